The summed E-state index contributed by atoms with van der Waals surface area (Å²) in [4.78, 5) is 31.0. The first-order chi connectivity index (χ1) is 14.6. The standard InChI is InChI=1S/C20H20ClN5O3S/c21-15-3-4-16(22-10-15)23-19(28)13-2-1-8-26(11-13)18(27)6-5-17-24-25-20(29-17)14-7-9-30-12-14/h3-4,7,9-10,12-13H,1-2,5-6,8,11H2,(H,22,23,28). The van der Waals surface area contributed by atoms with Crippen LogP contribution in [0.1, 0.15) is 25.2 Å². The van der Waals surface area contributed by atoms with Gasteiger partial charge in [-0.05, 0) is 36.4 Å². The predicted molar refractivity (Wildman–Crippen MR) is 113 cm³/mol. The van der Waals surface area contributed by atoms with Crippen LogP contribution in [-0.4, -0.2) is 45.0 Å². The monoisotopic (exact) mass is 445 g/mol. The minimum absolute atomic E-state index is 0.0209. The molecule has 1 atom stereocenters. The average Bonchev–Trinajstić information content (AvgIpc) is 3.45. The maximum absolute atomic E-state index is 12.6. The van der Waals surface area contributed by atoms with Gasteiger partial charge in [-0.3, -0.25) is 9.59 Å². The van der Waals surface area contributed by atoms with Crippen molar-refractivity contribution in [2.24, 2.45) is 5.92 Å². The number of rotatable bonds is 6. The third kappa shape index (κ3) is 5.03. The fraction of sp³-hybridized carbons (Fsp3) is 0.350. The molecule has 3 aromatic rings. The van der Waals surface area contributed by atoms with Gasteiger partial charge >= 0.3 is 0 Å². The maximum atomic E-state index is 12.6. The van der Waals surface area contributed by atoms with E-state index < -0.39 is 0 Å². The Morgan fingerprint density at radius 3 is 2.97 bits per heavy atom. The predicted octanol–water partition coefficient (Wildman–Crippen LogP) is 3.66. The Balaban J connectivity index is 1.29. The molecule has 0 spiro atoms. The van der Waals surface area contributed by atoms with Gasteiger partial charge in [0.1, 0.15) is 5.82 Å². The molecule has 1 saturated heterocycles. The SMILES string of the molecule is O=C(Nc1ccc(Cl)cn1)C1CCCN(C(=O)CCc2nnc(-c3ccsc3)o2)C1. The van der Waals surface area contributed by atoms with Gasteiger partial charge in [0.25, 0.3) is 0 Å². The van der Waals surface area contributed by atoms with Crippen LogP contribution in [0.2, 0.25) is 5.02 Å². The highest BCUT2D eigenvalue weighted by atomic mass is 35.5. The van der Waals surface area contributed by atoms with Crippen molar-refractivity contribution in [2.75, 3.05) is 18.4 Å². The number of pyridine rings is 1. The van der Waals surface area contributed by atoms with E-state index in [2.05, 4.69) is 20.5 Å². The van der Waals surface area contributed by atoms with Gasteiger partial charge in [-0.25, -0.2) is 4.98 Å². The maximum Gasteiger partial charge on any atom is 0.248 e. The first-order valence-corrected chi connectivity index (χ1v) is 11.0. The van der Waals surface area contributed by atoms with Crippen LogP contribution in [0.3, 0.4) is 0 Å². The Hall–Kier alpha value is -2.78. The number of aromatic nitrogens is 3. The van der Waals surface area contributed by atoms with Crippen molar-refractivity contribution < 1.29 is 14.0 Å². The third-order valence-electron chi connectivity index (χ3n) is 4.91. The van der Waals surface area contributed by atoms with Gasteiger partial charge in [-0.15, -0.1) is 10.2 Å². The van der Waals surface area contributed by atoms with Crippen LogP contribution in [0, 0.1) is 5.92 Å². The van der Waals surface area contributed by atoms with Gasteiger partial charge in [0, 0.05) is 43.1 Å². The zero-order valence-electron chi connectivity index (χ0n) is 16.1. The molecular formula is C20H20ClN5O3S. The van der Waals surface area contributed by atoms with Gasteiger partial charge in [0.05, 0.1) is 10.9 Å². The number of nitrogens with one attached hydrogen (secondary N) is 1. The average molecular weight is 446 g/mol. The molecule has 0 saturated carbocycles. The summed E-state index contributed by atoms with van der Waals surface area (Å²) in [6.45, 7) is 1.04. The van der Waals surface area contributed by atoms with Crippen molar-refractivity contribution in [3.63, 3.8) is 0 Å². The summed E-state index contributed by atoms with van der Waals surface area (Å²) in [6, 6.07) is 5.23. The quantitative estimate of drug-likeness (QED) is 0.621. The largest absolute Gasteiger partial charge is 0.421 e. The van der Waals surface area contributed by atoms with Crippen LogP contribution < -0.4 is 5.32 Å². The number of nitrogens with zero attached hydrogens (tertiary/aromatic N) is 4. The fourth-order valence-corrected chi connectivity index (χ4v) is 4.07. The summed E-state index contributed by atoms with van der Waals surface area (Å²) in [7, 11) is 0. The van der Waals surface area contributed by atoms with E-state index in [9.17, 15) is 9.59 Å². The number of carbonyl (C=O) groups is 2. The van der Waals surface area contributed by atoms with Gasteiger partial charge in [0.15, 0.2) is 0 Å². The molecule has 156 valence electrons. The van der Waals surface area contributed by atoms with Crippen LogP contribution in [0.15, 0.2) is 39.6 Å². The van der Waals surface area contributed by atoms with E-state index in [0.717, 1.165) is 18.4 Å². The van der Waals surface area contributed by atoms with Crippen LogP contribution in [-0.2, 0) is 16.0 Å². The second-order valence-electron chi connectivity index (χ2n) is 7.04. The Kier molecular flexibility index (Phi) is 6.39. The molecule has 30 heavy (non-hydrogen) atoms. The molecule has 0 aliphatic carbocycles. The van der Waals surface area contributed by atoms with Crippen molar-refractivity contribution in [3.8, 4) is 11.5 Å². The summed E-state index contributed by atoms with van der Waals surface area (Å²) in [6.07, 6.45) is 3.63. The van der Waals surface area contributed by atoms with E-state index in [0.29, 0.717) is 42.1 Å². The number of halogens is 1. The molecule has 4 rings (SSSR count). The normalized spacial score (nSPS) is 16.4. The molecule has 1 aliphatic heterocycles. The Morgan fingerprint density at radius 1 is 1.30 bits per heavy atom. The summed E-state index contributed by atoms with van der Waals surface area (Å²) in [5.41, 5.74) is 0.880. The van der Waals surface area contributed by atoms with Crippen molar-refractivity contribution in [3.05, 3.63) is 46.1 Å². The molecule has 1 aliphatic rings. The molecule has 4 heterocycles. The lowest BCUT2D eigenvalue weighted by Gasteiger charge is -2.32. The van der Waals surface area contributed by atoms with Crippen LogP contribution in [0.5, 0.6) is 0 Å². The molecule has 1 fully saturated rings. The molecule has 8 nitrogen and oxygen atoms in total. The van der Waals surface area contributed by atoms with E-state index in [1.165, 1.54) is 6.20 Å². The number of thiophene rings is 1. The summed E-state index contributed by atoms with van der Waals surface area (Å²) in [5, 5.41) is 15.2. The zero-order valence-corrected chi connectivity index (χ0v) is 17.7. The summed E-state index contributed by atoms with van der Waals surface area (Å²) >= 11 is 7.37. The van der Waals surface area contributed by atoms with Crippen molar-refractivity contribution in [2.45, 2.75) is 25.7 Å². The Morgan fingerprint density at radius 2 is 2.20 bits per heavy atom. The van der Waals surface area contributed by atoms with Crippen LogP contribution in [0.4, 0.5) is 5.82 Å². The number of amides is 2. The lowest BCUT2D eigenvalue weighted by Crippen LogP contribution is -2.43. The molecular weight excluding hydrogens is 426 g/mol. The fourth-order valence-electron chi connectivity index (χ4n) is 3.33. The van der Waals surface area contributed by atoms with E-state index >= 15 is 0 Å². The topological polar surface area (TPSA) is 101 Å². The minimum Gasteiger partial charge on any atom is -0.421 e. The van der Waals surface area contributed by atoms with E-state index in [1.54, 1.807) is 28.4 Å². The van der Waals surface area contributed by atoms with E-state index in [-0.39, 0.29) is 24.2 Å². The van der Waals surface area contributed by atoms with Crippen LogP contribution in [0.25, 0.3) is 11.5 Å². The Bertz CT molecular complexity index is 1010. The molecule has 0 bridgehead atoms. The molecule has 3 aromatic heterocycles. The molecule has 0 radical (unpaired) electrons. The molecule has 0 aromatic carbocycles. The minimum atomic E-state index is -0.270. The van der Waals surface area contributed by atoms with Gasteiger partial charge < -0.3 is 14.6 Å². The number of aryl methyl sites for hydroxylation is 1. The number of carbonyl (C=O) groups excluding carboxylic acids is 2. The first kappa shape index (κ1) is 20.5. The second-order valence-corrected chi connectivity index (χ2v) is 8.26. The smallest absolute Gasteiger partial charge is 0.248 e. The molecule has 1 N–H and O–H groups in total. The second kappa shape index (κ2) is 9.36. The number of likely N-dealkylation sites (tertiary alicyclic amines) is 1. The molecule has 1 unspecified atom stereocenters. The molecule has 10 heteroatoms. The number of hydrogen-bond acceptors (Lipinski definition) is 7. The zero-order chi connectivity index (χ0) is 20.9. The lowest BCUT2D eigenvalue weighted by atomic mass is 9.96. The number of anilines is 1. The van der Waals surface area contributed by atoms with E-state index in [1.807, 2.05) is 16.8 Å². The molecule has 2 amide bonds. The third-order valence-corrected chi connectivity index (χ3v) is 5.82. The highest BCUT2D eigenvalue weighted by Gasteiger charge is 2.28. The van der Waals surface area contributed by atoms with Crippen molar-refractivity contribution in [1.82, 2.24) is 20.1 Å². The van der Waals surface area contributed by atoms with Gasteiger partial charge in [-0.2, -0.15) is 11.3 Å². The summed E-state index contributed by atoms with van der Waals surface area (Å²) in [5.74, 6) is 0.917. The highest BCUT2D eigenvalue weighted by Crippen LogP contribution is 2.22. The van der Waals surface area contributed by atoms with Crippen LogP contribution >= 0.6 is 22.9 Å². The van der Waals surface area contributed by atoms with Gasteiger partial charge in [-0.1, -0.05) is 11.6 Å². The Labute approximate surface area is 182 Å². The lowest BCUT2D eigenvalue weighted by molar-refractivity contribution is -0.134. The van der Waals surface area contributed by atoms with Crippen molar-refractivity contribution in [1.29, 1.82) is 0 Å². The number of hydrogen-bond donors (Lipinski definition) is 1. The highest BCUT2D eigenvalue weighted by molar-refractivity contribution is 7.08. The number of piperidine rings is 1. The van der Waals surface area contributed by atoms with E-state index in [4.69, 9.17) is 16.0 Å². The summed E-state index contributed by atoms with van der Waals surface area (Å²) < 4.78 is 5.63. The van der Waals surface area contributed by atoms with Crippen molar-refractivity contribution >= 4 is 40.6 Å². The van der Waals surface area contributed by atoms with Gasteiger partial charge in [0.2, 0.25) is 23.6 Å². The first-order valence-electron chi connectivity index (χ1n) is 9.63.